The van der Waals surface area contributed by atoms with Gasteiger partial charge in [-0.2, -0.15) is 4.98 Å². The molecule has 0 radical (unpaired) electrons. The van der Waals surface area contributed by atoms with Crippen molar-refractivity contribution in [1.29, 1.82) is 0 Å². The van der Waals surface area contributed by atoms with E-state index in [1.54, 1.807) is 12.5 Å². The molecule has 7 heteroatoms. The first-order chi connectivity index (χ1) is 8.04. The summed E-state index contributed by atoms with van der Waals surface area (Å²) in [6.45, 7) is 4.62. The van der Waals surface area contributed by atoms with E-state index in [9.17, 15) is 4.21 Å². The summed E-state index contributed by atoms with van der Waals surface area (Å²) in [5, 5.41) is 3.37. The van der Waals surface area contributed by atoms with Crippen LogP contribution >= 0.6 is 0 Å². The lowest BCUT2D eigenvalue weighted by Gasteiger charge is -2.11. The SMILES string of the molecule is Cc1cnc(NN)nc1NCCC(C)S(C)=O. The number of nitrogens with zero attached hydrogens (tertiary/aromatic N) is 2. The lowest BCUT2D eigenvalue weighted by molar-refractivity contribution is 0.672. The molecule has 96 valence electrons. The molecular weight excluding hydrogens is 238 g/mol. The zero-order chi connectivity index (χ0) is 12.8. The number of aromatic nitrogens is 2. The van der Waals surface area contributed by atoms with Gasteiger partial charge in [-0.25, -0.2) is 10.8 Å². The van der Waals surface area contributed by atoms with Crippen LogP contribution in [0.4, 0.5) is 11.8 Å². The fraction of sp³-hybridized carbons (Fsp3) is 0.600. The van der Waals surface area contributed by atoms with Crippen LogP contribution in [0.1, 0.15) is 18.9 Å². The van der Waals surface area contributed by atoms with E-state index < -0.39 is 10.8 Å². The summed E-state index contributed by atoms with van der Waals surface area (Å²) in [6, 6.07) is 0. The normalized spacial score (nSPS) is 14.1. The van der Waals surface area contributed by atoms with E-state index in [0.29, 0.717) is 5.95 Å². The Balaban J connectivity index is 2.54. The van der Waals surface area contributed by atoms with Crippen LogP contribution < -0.4 is 16.6 Å². The topological polar surface area (TPSA) is 92.9 Å². The van der Waals surface area contributed by atoms with Crippen molar-refractivity contribution in [3.8, 4) is 0 Å². The quantitative estimate of drug-likeness (QED) is 0.511. The smallest absolute Gasteiger partial charge is 0.239 e. The number of anilines is 2. The van der Waals surface area contributed by atoms with Gasteiger partial charge in [-0.3, -0.25) is 9.63 Å². The van der Waals surface area contributed by atoms with Gasteiger partial charge in [0, 0.05) is 40.6 Å². The highest BCUT2D eigenvalue weighted by Gasteiger charge is 2.07. The predicted molar refractivity (Wildman–Crippen MR) is 71.2 cm³/mol. The molecule has 1 aromatic heterocycles. The van der Waals surface area contributed by atoms with Crippen molar-refractivity contribution >= 4 is 22.6 Å². The molecule has 4 N–H and O–H groups in total. The van der Waals surface area contributed by atoms with Crippen molar-refractivity contribution in [2.24, 2.45) is 5.84 Å². The predicted octanol–water partition coefficient (Wildman–Crippen LogP) is 0.640. The summed E-state index contributed by atoms with van der Waals surface area (Å²) in [6.07, 6.45) is 4.25. The van der Waals surface area contributed by atoms with Gasteiger partial charge in [-0.1, -0.05) is 6.92 Å². The molecule has 0 fully saturated rings. The van der Waals surface area contributed by atoms with E-state index in [1.165, 1.54) is 0 Å². The van der Waals surface area contributed by atoms with Crippen LogP contribution in [-0.2, 0) is 10.8 Å². The van der Waals surface area contributed by atoms with Gasteiger partial charge >= 0.3 is 0 Å². The van der Waals surface area contributed by atoms with E-state index in [4.69, 9.17) is 5.84 Å². The van der Waals surface area contributed by atoms with Crippen LogP contribution in [0.3, 0.4) is 0 Å². The van der Waals surface area contributed by atoms with Gasteiger partial charge in [0.2, 0.25) is 5.95 Å². The maximum Gasteiger partial charge on any atom is 0.239 e. The Kier molecular flexibility index (Phi) is 5.30. The minimum absolute atomic E-state index is 0.178. The zero-order valence-electron chi connectivity index (χ0n) is 10.4. The van der Waals surface area contributed by atoms with Crippen molar-refractivity contribution in [3.05, 3.63) is 11.8 Å². The summed E-state index contributed by atoms with van der Waals surface area (Å²) in [4.78, 5) is 8.19. The van der Waals surface area contributed by atoms with Gasteiger partial charge in [-0.15, -0.1) is 0 Å². The molecule has 2 unspecified atom stereocenters. The standard InChI is InChI=1S/C10H19N5OS/c1-7-6-13-10(15-11)14-9(7)12-5-4-8(2)17(3)16/h6,8H,4-5,11H2,1-3H3,(H2,12,13,14,15). The van der Waals surface area contributed by atoms with Crippen molar-refractivity contribution in [1.82, 2.24) is 9.97 Å². The number of nitrogen functional groups attached to an aromatic ring is 1. The van der Waals surface area contributed by atoms with Gasteiger partial charge in [-0.05, 0) is 13.3 Å². The number of hydrogen-bond acceptors (Lipinski definition) is 6. The molecule has 0 spiro atoms. The molecule has 0 aliphatic rings. The molecule has 2 atom stereocenters. The summed E-state index contributed by atoms with van der Waals surface area (Å²) in [5.74, 6) is 6.37. The highest BCUT2D eigenvalue weighted by Crippen LogP contribution is 2.12. The van der Waals surface area contributed by atoms with E-state index >= 15 is 0 Å². The van der Waals surface area contributed by atoms with Crippen molar-refractivity contribution in [3.63, 3.8) is 0 Å². The lowest BCUT2D eigenvalue weighted by atomic mass is 10.3. The average Bonchev–Trinajstić information content (AvgIpc) is 2.31. The third kappa shape index (κ3) is 4.27. The minimum Gasteiger partial charge on any atom is -0.370 e. The van der Waals surface area contributed by atoms with Crippen LogP contribution in [-0.4, -0.2) is 32.2 Å². The summed E-state index contributed by atoms with van der Waals surface area (Å²) in [7, 11) is -0.785. The largest absolute Gasteiger partial charge is 0.370 e. The molecule has 1 rings (SSSR count). The Morgan fingerprint density at radius 1 is 1.59 bits per heavy atom. The molecule has 0 aromatic carbocycles. The average molecular weight is 257 g/mol. The minimum atomic E-state index is -0.785. The number of nitrogens with one attached hydrogen (secondary N) is 2. The first-order valence-corrected chi connectivity index (χ1v) is 7.03. The first-order valence-electron chi connectivity index (χ1n) is 5.41. The van der Waals surface area contributed by atoms with Gasteiger partial charge in [0.25, 0.3) is 0 Å². The van der Waals surface area contributed by atoms with Crippen molar-refractivity contribution in [2.45, 2.75) is 25.5 Å². The zero-order valence-corrected chi connectivity index (χ0v) is 11.2. The Morgan fingerprint density at radius 2 is 2.29 bits per heavy atom. The molecule has 0 aliphatic carbocycles. The highest BCUT2D eigenvalue weighted by molar-refractivity contribution is 7.84. The number of hydrazine groups is 1. The fourth-order valence-corrected chi connectivity index (χ4v) is 1.70. The van der Waals surface area contributed by atoms with Crippen LogP contribution in [0.2, 0.25) is 0 Å². The second-order valence-corrected chi connectivity index (χ2v) is 5.70. The van der Waals surface area contributed by atoms with Gasteiger partial charge in [0.1, 0.15) is 5.82 Å². The van der Waals surface area contributed by atoms with Crippen LogP contribution in [0.15, 0.2) is 6.20 Å². The third-order valence-corrected chi connectivity index (χ3v) is 3.88. The van der Waals surface area contributed by atoms with Crippen LogP contribution in [0, 0.1) is 6.92 Å². The molecule has 6 nitrogen and oxygen atoms in total. The molecule has 0 bridgehead atoms. The Morgan fingerprint density at radius 3 is 2.88 bits per heavy atom. The van der Waals surface area contributed by atoms with E-state index in [2.05, 4.69) is 20.7 Å². The molecule has 0 saturated carbocycles. The first kappa shape index (κ1) is 13.9. The fourth-order valence-electron chi connectivity index (χ4n) is 1.25. The molecular formula is C10H19N5OS. The number of rotatable bonds is 6. The van der Waals surface area contributed by atoms with Gasteiger partial charge in [0.15, 0.2) is 0 Å². The summed E-state index contributed by atoms with van der Waals surface area (Å²) in [5.41, 5.74) is 3.35. The molecule has 0 amide bonds. The Bertz CT molecular complexity index is 398. The molecule has 0 saturated heterocycles. The van der Waals surface area contributed by atoms with E-state index in [1.807, 2.05) is 13.8 Å². The van der Waals surface area contributed by atoms with Crippen molar-refractivity contribution < 1.29 is 4.21 Å². The number of hydrogen-bond donors (Lipinski definition) is 3. The molecule has 1 aromatic rings. The number of aryl methyl sites for hydroxylation is 1. The summed E-state index contributed by atoms with van der Waals surface area (Å²) < 4.78 is 11.2. The maximum absolute atomic E-state index is 11.2. The van der Waals surface area contributed by atoms with Crippen molar-refractivity contribution in [2.75, 3.05) is 23.5 Å². The Hall–Kier alpha value is -1.21. The van der Waals surface area contributed by atoms with Gasteiger partial charge in [0.05, 0.1) is 0 Å². The highest BCUT2D eigenvalue weighted by atomic mass is 32.2. The van der Waals surface area contributed by atoms with E-state index in [0.717, 1.165) is 24.3 Å². The Labute approximate surface area is 104 Å². The summed E-state index contributed by atoms with van der Waals surface area (Å²) >= 11 is 0. The molecule has 1 heterocycles. The van der Waals surface area contributed by atoms with Gasteiger partial charge < -0.3 is 5.32 Å². The van der Waals surface area contributed by atoms with Crippen LogP contribution in [0.5, 0.6) is 0 Å². The number of nitrogens with two attached hydrogens (primary N) is 1. The maximum atomic E-state index is 11.2. The monoisotopic (exact) mass is 257 g/mol. The lowest BCUT2D eigenvalue weighted by Crippen LogP contribution is -2.17. The van der Waals surface area contributed by atoms with E-state index in [-0.39, 0.29) is 5.25 Å². The third-order valence-electron chi connectivity index (χ3n) is 2.51. The molecule has 0 aliphatic heterocycles. The second kappa shape index (κ2) is 6.51. The molecule has 17 heavy (non-hydrogen) atoms. The van der Waals surface area contributed by atoms with Crippen LogP contribution in [0.25, 0.3) is 0 Å². The second-order valence-electron chi connectivity index (χ2n) is 3.89.